The van der Waals surface area contributed by atoms with Crippen LogP contribution in [0.1, 0.15) is 57.7 Å². The van der Waals surface area contributed by atoms with Gasteiger partial charge in [-0.3, -0.25) is 9.13 Å². The second-order valence-corrected chi connectivity index (χ2v) is 19.0. The lowest BCUT2D eigenvalue weighted by molar-refractivity contribution is -0.143. The third-order valence-electron chi connectivity index (χ3n) is 13.2. The van der Waals surface area contributed by atoms with E-state index in [0.29, 0.717) is 114 Å². The van der Waals surface area contributed by atoms with Crippen molar-refractivity contribution >= 4 is 43.6 Å². The number of halogens is 6. The molecule has 0 aliphatic carbocycles. The Labute approximate surface area is 439 Å². The van der Waals surface area contributed by atoms with Gasteiger partial charge in [-0.1, -0.05) is 48.5 Å². The Hall–Kier alpha value is -9.53. The fourth-order valence-electron chi connectivity index (χ4n) is 10.1. The SMILES string of the molecule is Cc1nc(C)nc(-c2ccc3c4ccc(-c5nc(C)nc(C)n5)cc4n(-c4cc(-c5cc(C(F)(F)F)cc(C(F)(F)F)c5)cc(-n5c6cc(-c7nc(C)nc(C)n7)ccc6c6ccc(-c7nc(C)nc(C)n7)cc65)n4)c3c2)n1. The first kappa shape index (κ1) is 49.4. The number of benzene rings is 5. The Morgan fingerprint density at radius 2 is 0.513 bits per heavy atom. The smallest absolute Gasteiger partial charge is 0.294 e. The number of aryl methyl sites for hydroxylation is 8. The van der Waals surface area contributed by atoms with Gasteiger partial charge in [0.15, 0.2) is 23.3 Å². The van der Waals surface area contributed by atoms with Gasteiger partial charge in [0.1, 0.15) is 58.2 Å². The summed E-state index contributed by atoms with van der Waals surface area (Å²) in [6, 6.07) is 27.2. The Bertz CT molecular complexity index is 3910. The molecule has 0 saturated heterocycles. The molecule has 0 aliphatic rings. The van der Waals surface area contributed by atoms with E-state index < -0.39 is 23.5 Å². The molecule has 0 amide bonds. The Kier molecular flexibility index (Phi) is 11.4. The Morgan fingerprint density at radius 3 is 0.756 bits per heavy atom. The molecule has 7 aromatic heterocycles. The average Bonchev–Trinajstić information content (AvgIpc) is 4.14. The molecule has 386 valence electrons. The predicted molar refractivity (Wildman–Crippen MR) is 282 cm³/mol. The molecule has 0 atom stereocenters. The van der Waals surface area contributed by atoms with E-state index >= 15 is 0 Å². The first-order chi connectivity index (χ1) is 37.1. The first-order valence-corrected chi connectivity index (χ1v) is 24.4. The lowest BCUT2D eigenvalue weighted by Crippen LogP contribution is -2.11. The molecule has 0 aliphatic heterocycles. The van der Waals surface area contributed by atoms with E-state index in [1.54, 1.807) is 55.4 Å². The predicted octanol–water partition coefficient (Wildman–Crippen LogP) is 12.9. The summed E-state index contributed by atoms with van der Waals surface area (Å²) < 4.78 is 92.6. The minimum atomic E-state index is -5.15. The number of alkyl halides is 6. The van der Waals surface area contributed by atoms with Gasteiger partial charge in [-0.15, -0.1) is 0 Å². The van der Waals surface area contributed by atoms with Gasteiger partial charge in [0.25, 0.3) is 0 Å². The van der Waals surface area contributed by atoms with Gasteiger partial charge in [0.2, 0.25) is 0 Å². The van der Waals surface area contributed by atoms with Crippen molar-refractivity contribution in [2.75, 3.05) is 0 Å². The summed E-state index contributed by atoms with van der Waals surface area (Å²) in [5.74, 6) is 5.69. The van der Waals surface area contributed by atoms with Crippen LogP contribution in [0.5, 0.6) is 0 Å². The third kappa shape index (κ3) is 8.94. The van der Waals surface area contributed by atoms with Crippen molar-refractivity contribution in [2.24, 2.45) is 0 Å². The minimum absolute atomic E-state index is 0.0175. The van der Waals surface area contributed by atoms with E-state index in [1.165, 1.54) is 12.1 Å². The topological polar surface area (TPSA) is 177 Å². The number of pyridine rings is 1. The highest BCUT2D eigenvalue weighted by Gasteiger charge is 2.37. The molecule has 0 radical (unpaired) electrons. The average molecular weight is 1050 g/mol. The standard InChI is InChI=1S/C57H41F6N15/c1-26-64-27(2)69-52(68-26)34-9-13-42-43-14-10-35(53-70-28(3)65-29(4)71-53)20-47(43)77(46(42)19-34)50-23-39(38-17-40(56(58,59)60)25-41(18-38)57(61,62)63)24-51(76-50)78-48-21-36(54-72-30(5)66-31(6)73-54)11-15-44(48)45-16-12-37(22-49(45)78)55-74-32(7)67-33(8)75-55/h9-25H,1-8H3. The molecule has 7 heterocycles. The van der Waals surface area contributed by atoms with Crippen molar-refractivity contribution in [1.82, 2.24) is 73.9 Å². The fraction of sp³-hybridized carbons (Fsp3) is 0.175. The summed E-state index contributed by atoms with van der Waals surface area (Å²) in [5.41, 5.74) is 1.27. The first-order valence-electron chi connectivity index (χ1n) is 24.4. The van der Waals surface area contributed by atoms with Crippen LogP contribution < -0.4 is 0 Å². The molecule has 0 spiro atoms. The number of rotatable bonds is 7. The zero-order valence-corrected chi connectivity index (χ0v) is 42.8. The summed E-state index contributed by atoms with van der Waals surface area (Å²) in [5, 5.41) is 2.93. The second kappa shape index (κ2) is 18.1. The fourth-order valence-corrected chi connectivity index (χ4v) is 10.1. The van der Waals surface area contributed by atoms with Gasteiger partial charge in [-0.05, 0) is 121 Å². The number of hydrogen-bond donors (Lipinski definition) is 0. The molecule has 0 N–H and O–H groups in total. The molecule has 12 rings (SSSR count). The summed E-state index contributed by atoms with van der Waals surface area (Å²) in [4.78, 5) is 60.1. The molecule has 0 saturated carbocycles. The van der Waals surface area contributed by atoms with Gasteiger partial charge >= 0.3 is 12.4 Å². The minimum Gasteiger partial charge on any atom is -0.294 e. The van der Waals surface area contributed by atoms with Crippen LogP contribution in [0.3, 0.4) is 0 Å². The van der Waals surface area contributed by atoms with Crippen LogP contribution in [0.15, 0.2) is 103 Å². The largest absolute Gasteiger partial charge is 0.416 e. The van der Waals surface area contributed by atoms with Crippen molar-refractivity contribution in [3.05, 3.63) is 161 Å². The summed E-state index contributed by atoms with van der Waals surface area (Å²) in [6.07, 6.45) is -10.3. The molecule has 0 unspecified atom stereocenters. The lowest BCUT2D eigenvalue weighted by atomic mass is 9.99. The highest BCUT2D eigenvalue weighted by molar-refractivity contribution is 6.12. The van der Waals surface area contributed by atoms with Gasteiger partial charge in [-0.2, -0.15) is 26.3 Å². The van der Waals surface area contributed by atoms with Crippen molar-refractivity contribution in [3.8, 4) is 68.3 Å². The van der Waals surface area contributed by atoms with E-state index in [-0.39, 0.29) is 28.8 Å². The van der Waals surface area contributed by atoms with E-state index in [2.05, 4.69) is 59.8 Å². The van der Waals surface area contributed by atoms with Gasteiger partial charge < -0.3 is 0 Å². The highest BCUT2D eigenvalue weighted by Crippen LogP contribution is 2.43. The van der Waals surface area contributed by atoms with Crippen LogP contribution in [0.25, 0.3) is 112 Å². The molecule has 15 nitrogen and oxygen atoms in total. The van der Waals surface area contributed by atoms with Crippen LogP contribution in [0.4, 0.5) is 26.3 Å². The highest BCUT2D eigenvalue weighted by atomic mass is 19.4. The van der Waals surface area contributed by atoms with E-state index in [0.717, 1.165) is 33.7 Å². The molecule has 0 fully saturated rings. The van der Waals surface area contributed by atoms with Gasteiger partial charge in [-0.25, -0.2) is 64.8 Å². The third-order valence-corrected chi connectivity index (χ3v) is 13.2. The summed E-state index contributed by atoms with van der Waals surface area (Å²) >= 11 is 0. The summed E-state index contributed by atoms with van der Waals surface area (Å²) in [7, 11) is 0. The van der Waals surface area contributed by atoms with Crippen molar-refractivity contribution < 1.29 is 26.3 Å². The van der Waals surface area contributed by atoms with Crippen molar-refractivity contribution in [1.29, 1.82) is 0 Å². The maximum absolute atomic E-state index is 14.8. The number of aromatic nitrogens is 15. The monoisotopic (exact) mass is 1050 g/mol. The normalized spacial score (nSPS) is 12.2. The zero-order chi connectivity index (χ0) is 54.7. The molecular weight excluding hydrogens is 1010 g/mol. The summed E-state index contributed by atoms with van der Waals surface area (Å²) in [6.45, 7) is 14.1. The van der Waals surface area contributed by atoms with Crippen LogP contribution in [0.2, 0.25) is 0 Å². The molecule has 0 bridgehead atoms. The zero-order valence-electron chi connectivity index (χ0n) is 42.8. The van der Waals surface area contributed by atoms with Gasteiger partial charge in [0, 0.05) is 43.8 Å². The molecule has 12 aromatic rings. The molecule has 21 heteroatoms. The molecule has 78 heavy (non-hydrogen) atoms. The number of nitrogens with zero attached hydrogens (tertiary/aromatic N) is 15. The molecule has 5 aromatic carbocycles. The second-order valence-electron chi connectivity index (χ2n) is 19.0. The van der Waals surface area contributed by atoms with Crippen LogP contribution >= 0.6 is 0 Å². The maximum Gasteiger partial charge on any atom is 0.416 e. The van der Waals surface area contributed by atoms with Crippen molar-refractivity contribution in [2.45, 2.75) is 67.7 Å². The number of fused-ring (bicyclic) bond motifs is 6. The van der Waals surface area contributed by atoms with Crippen LogP contribution in [0, 0.1) is 55.4 Å². The molecular formula is C57H41F6N15. The van der Waals surface area contributed by atoms with Gasteiger partial charge in [0.05, 0.1) is 33.2 Å². The van der Waals surface area contributed by atoms with E-state index in [4.69, 9.17) is 4.98 Å². The van der Waals surface area contributed by atoms with Crippen LogP contribution in [-0.2, 0) is 12.4 Å². The Morgan fingerprint density at radius 1 is 0.269 bits per heavy atom. The van der Waals surface area contributed by atoms with E-state index in [9.17, 15) is 26.3 Å². The van der Waals surface area contributed by atoms with Crippen molar-refractivity contribution in [3.63, 3.8) is 0 Å². The lowest BCUT2D eigenvalue weighted by Gasteiger charge is -2.17. The Balaban J connectivity index is 1.23. The maximum atomic E-state index is 14.8. The number of hydrogen-bond acceptors (Lipinski definition) is 13. The van der Waals surface area contributed by atoms with Crippen LogP contribution in [-0.4, -0.2) is 73.9 Å². The van der Waals surface area contributed by atoms with E-state index in [1.807, 2.05) is 81.9 Å². The quantitative estimate of drug-likeness (QED) is 0.138.